The lowest BCUT2D eigenvalue weighted by Gasteiger charge is -2.01. The number of nitrogen functional groups attached to an aromatic ring is 1. The van der Waals surface area contributed by atoms with Crippen LogP contribution in [-0.2, 0) is 16.1 Å². The number of hydrogen-bond donors (Lipinski definition) is 2. The van der Waals surface area contributed by atoms with Gasteiger partial charge in [0.2, 0.25) is 5.16 Å². The van der Waals surface area contributed by atoms with Crippen molar-refractivity contribution in [3.63, 3.8) is 0 Å². The van der Waals surface area contributed by atoms with E-state index in [-0.39, 0.29) is 13.0 Å². The first-order valence-corrected chi connectivity index (χ1v) is 5.16. The van der Waals surface area contributed by atoms with Crippen molar-refractivity contribution in [2.75, 3.05) is 18.7 Å². The van der Waals surface area contributed by atoms with E-state index in [0.717, 1.165) is 0 Å². The SMILES string of the molecule is COCc1nnc(SCCC(=O)O)n1N. The average Bonchev–Trinajstić information content (AvgIpc) is 2.50. The molecule has 0 bridgehead atoms. The molecule has 0 atom stereocenters. The van der Waals surface area contributed by atoms with Gasteiger partial charge in [0.05, 0.1) is 6.42 Å². The fourth-order valence-electron chi connectivity index (χ4n) is 0.863. The molecule has 15 heavy (non-hydrogen) atoms. The summed E-state index contributed by atoms with van der Waals surface area (Å²) in [6, 6.07) is 0. The molecule has 1 heterocycles. The molecule has 0 saturated heterocycles. The van der Waals surface area contributed by atoms with E-state index in [1.807, 2.05) is 0 Å². The lowest BCUT2D eigenvalue weighted by atomic mass is 10.5. The van der Waals surface area contributed by atoms with Gasteiger partial charge in [-0.15, -0.1) is 10.2 Å². The Labute approximate surface area is 90.6 Å². The predicted octanol–water partition coefficient (Wildman–Crippen LogP) is -0.295. The lowest BCUT2D eigenvalue weighted by Crippen LogP contribution is -2.14. The van der Waals surface area contributed by atoms with Gasteiger partial charge in [-0.2, -0.15) is 0 Å². The van der Waals surface area contributed by atoms with E-state index in [2.05, 4.69) is 10.2 Å². The largest absolute Gasteiger partial charge is 0.481 e. The number of carboxylic acids is 1. The van der Waals surface area contributed by atoms with Crippen LogP contribution in [0.4, 0.5) is 0 Å². The average molecular weight is 232 g/mol. The van der Waals surface area contributed by atoms with Gasteiger partial charge in [-0.1, -0.05) is 11.8 Å². The molecule has 1 aromatic rings. The third kappa shape index (κ3) is 3.40. The minimum atomic E-state index is -0.845. The third-order valence-electron chi connectivity index (χ3n) is 1.56. The maximum atomic E-state index is 10.3. The molecule has 7 nitrogen and oxygen atoms in total. The van der Waals surface area contributed by atoms with Crippen LogP contribution in [0.15, 0.2) is 5.16 Å². The number of carboxylic acid groups (broad SMARTS) is 1. The molecule has 0 aliphatic heterocycles. The molecular formula is C7H12N4O3S. The van der Waals surface area contributed by atoms with Crippen LogP contribution in [-0.4, -0.2) is 38.8 Å². The number of nitrogens with two attached hydrogens (primary N) is 1. The molecule has 84 valence electrons. The summed E-state index contributed by atoms with van der Waals surface area (Å²) in [7, 11) is 1.53. The van der Waals surface area contributed by atoms with E-state index in [4.69, 9.17) is 15.7 Å². The zero-order valence-corrected chi connectivity index (χ0v) is 9.03. The topological polar surface area (TPSA) is 103 Å². The fraction of sp³-hybridized carbons (Fsp3) is 0.571. The van der Waals surface area contributed by atoms with Crippen molar-refractivity contribution in [2.45, 2.75) is 18.2 Å². The van der Waals surface area contributed by atoms with Gasteiger partial charge in [-0.25, -0.2) is 4.68 Å². The van der Waals surface area contributed by atoms with E-state index < -0.39 is 5.97 Å². The van der Waals surface area contributed by atoms with E-state index in [1.165, 1.54) is 23.5 Å². The third-order valence-corrected chi connectivity index (χ3v) is 2.50. The highest BCUT2D eigenvalue weighted by atomic mass is 32.2. The first-order chi connectivity index (χ1) is 7.15. The van der Waals surface area contributed by atoms with Crippen molar-refractivity contribution < 1.29 is 14.6 Å². The Morgan fingerprint density at radius 2 is 2.40 bits per heavy atom. The molecule has 1 rings (SSSR count). The highest BCUT2D eigenvalue weighted by Gasteiger charge is 2.09. The normalized spacial score (nSPS) is 10.5. The van der Waals surface area contributed by atoms with Gasteiger partial charge >= 0.3 is 5.97 Å². The number of rotatable bonds is 6. The second-order valence-electron chi connectivity index (χ2n) is 2.69. The van der Waals surface area contributed by atoms with Crippen LogP contribution in [0.25, 0.3) is 0 Å². The van der Waals surface area contributed by atoms with Crippen molar-refractivity contribution in [3.8, 4) is 0 Å². The Bertz CT molecular complexity index is 341. The van der Waals surface area contributed by atoms with Gasteiger partial charge in [0.15, 0.2) is 5.82 Å². The van der Waals surface area contributed by atoms with Crippen LogP contribution < -0.4 is 5.84 Å². The van der Waals surface area contributed by atoms with Crippen LogP contribution in [0, 0.1) is 0 Å². The minimum Gasteiger partial charge on any atom is -0.481 e. The first kappa shape index (κ1) is 11.8. The summed E-state index contributed by atoms with van der Waals surface area (Å²) in [5.74, 6) is 5.73. The maximum Gasteiger partial charge on any atom is 0.304 e. The summed E-state index contributed by atoms with van der Waals surface area (Å²) in [5, 5.41) is 16.5. The molecule has 8 heteroatoms. The van der Waals surface area contributed by atoms with Gasteiger partial charge in [-0.05, 0) is 0 Å². The Morgan fingerprint density at radius 1 is 1.67 bits per heavy atom. The second-order valence-corrected chi connectivity index (χ2v) is 3.76. The Hall–Kier alpha value is -1.28. The summed E-state index contributed by atoms with van der Waals surface area (Å²) in [6.07, 6.45) is 0.0666. The second kappa shape index (κ2) is 5.56. The zero-order chi connectivity index (χ0) is 11.3. The van der Waals surface area contributed by atoms with Crippen LogP contribution >= 0.6 is 11.8 Å². The molecule has 0 unspecified atom stereocenters. The van der Waals surface area contributed by atoms with Gasteiger partial charge < -0.3 is 15.7 Å². The quantitative estimate of drug-likeness (QED) is 0.513. The number of thioether (sulfide) groups is 1. The molecular weight excluding hydrogens is 220 g/mol. The van der Waals surface area contributed by atoms with E-state index in [9.17, 15) is 4.79 Å². The van der Waals surface area contributed by atoms with Crippen molar-refractivity contribution in [2.24, 2.45) is 0 Å². The molecule has 3 N–H and O–H groups in total. The van der Waals surface area contributed by atoms with Crippen molar-refractivity contribution in [3.05, 3.63) is 5.82 Å². The van der Waals surface area contributed by atoms with Crippen LogP contribution in [0.3, 0.4) is 0 Å². The van der Waals surface area contributed by atoms with E-state index in [1.54, 1.807) is 0 Å². The number of methoxy groups -OCH3 is 1. The molecule has 0 aliphatic carbocycles. The molecule has 0 aromatic carbocycles. The highest BCUT2D eigenvalue weighted by molar-refractivity contribution is 7.99. The predicted molar refractivity (Wildman–Crippen MR) is 53.9 cm³/mol. The van der Waals surface area contributed by atoms with Gasteiger partial charge in [0.1, 0.15) is 6.61 Å². The van der Waals surface area contributed by atoms with Crippen LogP contribution in [0.5, 0.6) is 0 Å². The molecule has 0 aliphatic rings. The number of ether oxygens (including phenoxy) is 1. The standard InChI is InChI=1S/C7H12N4O3S/c1-14-4-5-9-10-7(11(5)8)15-3-2-6(12)13/h2-4,8H2,1H3,(H,12,13). The zero-order valence-electron chi connectivity index (χ0n) is 8.21. The summed E-state index contributed by atoms with van der Waals surface area (Å²) < 4.78 is 6.16. The van der Waals surface area contributed by atoms with Crippen molar-refractivity contribution in [1.82, 2.24) is 14.9 Å². The van der Waals surface area contributed by atoms with Crippen molar-refractivity contribution >= 4 is 17.7 Å². The number of aromatic nitrogens is 3. The Kier molecular flexibility index (Phi) is 4.37. The molecule has 0 saturated carbocycles. The lowest BCUT2D eigenvalue weighted by molar-refractivity contribution is -0.136. The van der Waals surface area contributed by atoms with E-state index >= 15 is 0 Å². The summed E-state index contributed by atoms with van der Waals surface area (Å²) in [5.41, 5.74) is 0. The molecule has 0 spiro atoms. The van der Waals surface area contributed by atoms with Gasteiger partial charge in [-0.3, -0.25) is 4.79 Å². The summed E-state index contributed by atoms with van der Waals surface area (Å²) in [4.78, 5) is 10.3. The maximum absolute atomic E-state index is 10.3. The number of aliphatic carboxylic acids is 1. The monoisotopic (exact) mass is 232 g/mol. The van der Waals surface area contributed by atoms with Gasteiger partial charge in [0, 0.05) is 12.9 Å². The first-order valence-electron chi connectivity index (χ1n) is 4.18. The molecule has 1 aromatic heterocycles. The van der Waals surface area contributed by atoms with Crippen LogP contribution in [0.1, 0.15) is 12.2 Å². The number of hydrogen-bond acceptors (Lipinski definition) is 6. The summed E-state index contributed by atoms with van der Waals surface area (Å²) >= 11 is 1.25. The van der Waals surface area contributed by atoms with Gasteiger partial charge in [0.25, 0.3) is 0 Å². The van der Waals surface area contributed by atoms with E-state index in [0.29, 0.717) is 16.7 Å². The molecule has 0 radical (unpaired) electrons. The molecule has 0 fully saturated rings. The van der Waals surface area contributed by atoms with Crippen molar-refractivity contribution in [1.29, 1.82) is 0 Å². The summed E-state index contributed by atoms with van der Waals surface area (Å²) in [6.45, 7) is 0.281. The smallest absolute Gasteiger partial charge is 0.304 e. The Morgan fingerprint density at radius 3 is 3.00 bits per heavy atom. The molecule has 0 amide bonds. The van der Waals surface area contributed by atoms with Crippen LogP contribution in [0.2, 0.25) is 0 Å². The number of nitrogens with zero attached hydrogens (tertiary/aromatic N) is 3. The fourth-order valence-corrected chi connectivity index (χ4v) is 1.67. The highest BCUT2D eigenvalue weighted by Crippen LogP contribution is 2.15. The minimum absolute atomic E-state index is 0.0666. The Balaban J connectivity index is 2.50. The number of carbonyl (C=O) groups is 1.